The summed E-state index contributed by atoms with van der Waals surface area (Å²) in [6.45, 7) is 6.88. The van der Waals surface area contributed by atoms with Gasteiger partial charge in [0.15, 0.2) is 0 Å². The maximum absolute atomic E-state index is 9.12. The summed E-state index contributed by atoms with van der Waals surface area (Å²) in [5.74, 6) is 0. The first-order valence-electron chi connectivity index (χ1n) is 6.21. The molecule has 2 aromatic carbocycles. The van der Waals surface area contributed by atoms with Crippen LogP contribution in [0.3, 0.4) is 0 Å². The Balaban J connectivity index is 2.52. The van der Waals surface area contributed by atoms with Gasteiger partial charge in [0.2, 0.25) is 0 Å². The van der Waals surface area contributed by atoms with E-state index >= 15 is 0 Å². The molecule has 0 aliphatic heterocycles. The summed E-state index contributed by atoms with van der Waals surface area (Å²) in [6, 6.07) is 12.8. The van der Waals surface area contributed by atoms with Gasteiger partial charge in [0.05, 0.1) is 6.61 Å². The summed E-state index contributed by atoms with van der Waals surface area (Å²) in [7, 11) is 0. The Morgan fingerprint density at radius 2 is 1.65 bits per heavy atom. The van der Waals surface area contributed by atoms with Crippen LogP contribution in [0, 0.1) is 0 Å². The maximum atomic E-state index is 9.12. The van der Waals surface area contributed by atoms with E-state index in [9.17, 15) is 0 Å². The van der Waals surface area contributed by atoms with Gasteiger partial charge < -0.3 is 5.11 Å². The van der Waals surface area contributed by atoms with E-state index in [4.69, 9.17) is 5.11 Å². The van der Waals surface area contributed by atoms with Crippen molar-refractivity contribution in [1.29, 1.82) is 0 Å². The Labute approximate surface area is 103 Å². The molecule has 0 spiro atoms. The summed E-state index contributed by atoms with van der Waals surface area (Å²) < 4.78 is 0. The lowest BCUT2D eigenvalue weighted by Crippen LogP contribution is -2.15. The minimum atomic E-state index is 0.109. The first-order chi connectivity index (χ1) is 8.06. The molecule has 17 heavy (non-hydrogen) atoms. The summed E-state index contributed by atoms with van der Waals surface area (Å²) in [6.07, 6.45) is 1.13. The highest BCUT2D eigenvalue weighted by Crippen LogP contribution is 2.29. The largest absolute Gasteiger partial charge is 0.392 e. The van der Waals surface area contributed by atoms with Crippen LogP contribution in [0.25, 0.3) is 10.8 Å². The van der Waals surface area contributed by atoms with Crippen molar-refractivity contribution in [3.8, 4) is 0 Å². The quantitative estimate of drug-likeness (QED) is 0.841. The number of benzene rings is 2. The predicted octanol–water partition coefficient (Wildman–Crippen LogP) is 4.02. The lowest BCUT2D eigenvalue weighted by Gasteiger charge is -2.23. The highest BCUT2D eigenvalue weighted by molar-refractivity contribution is 5.84. The minimum absolute atomic E-state index is 0.109. The summed E-state index contributed by atoms with van der Waals surface area (Å²) in [5.41, 5.74) is 2.58. The number of aliphatic hydroxyl groups is 1. The van der Waals surface area contributed by atoms with Gasteiger partial charge in [0.1, 0.15) is 0 Å². The van der Waals surface area contributed by atoms with Crippen LogP contribution in [-0.2, 0) is 12.0 Å². The van der Waals surface area contributed by atoms with Crippen molar-refractivity contribution >= 4 is 10.8 Å². The zero-order valence-electron chi connectivity index (χ0n) is 10.8. The lowest BCUT2D eigenvalue weighted by atomic mass is 9.81. The fourth-order valence-corrected chi connectivity index (χ4v) is 2.02. The van der Waals surface area contributed by atoms with Crippen LogP contribution in [-0.4, -0.2) is 5.11 Å². The standard InChI is InChI=1S/C16H20O/c1-4-16(2,3)15-8-7-13-9-12(11-17)5-6-14(13)10-15/h5-10,17H,4,11H2,1-3H3. The highest BCUT2D eigenvalue weighted by atomic mass is 16.3. The third-order valence-electron chi connectivity index (χ3n) is 3.75. The molecule has 0 saturated heterocycles. The molecule has 1 heteroatoms. The monoisotopic (exact) mass is 228 g/mol. The molecule has 1 nitrogen and oxygen atoms in total. The fourth-order valence-electron chi connectivity index (χ4n) is 2.02. The minimum Gasteiger partial charge on any atom is -0.392 e. The van der Waals surface area contributed by atoms with Gasteiger partial charge in [0, 0.05) is 0 Å². The van der Waals surface area contributed by atoms with E-state index in [-0.39, 0.29) is 12.0 Å². The number of hydrogen-bond donors (Lipinski definition) is 1. The molecule has 0 aromatic heterocycles. The van der Waals surface area contributed by atoms with Gasteiger partial charge >= 0.3 is 0 Å². The predicted molar refractivity (Wildman–Crippen MR) is 73.2 cm³/mol. The van der Waals surface area contributed by atoms with Gasteiger partial charge in [-0.3, -0.25) is 0 Å². The maximum Gasteiger partial charge on any atom is 0.0682 e. The van der Waals surface area contributed by atoms with Gasteiger partial charge in [-0.05, 0) is 39.8 Å². The topological polar surface area (TPSA) is 20.2 Å². The summed E-state index contributed by atoms with van der Waals surface area (Å²) >= 11 is 0. The molecule has 2 rings (SSSR count). The van der Waals surface area contributed by atoms with Gasteiger partial charge in [-0.2, -0.15) is 0 Å². The molecule has 0 fully saturated rings. The molecule has 0 aliphatic carbocycles. The van der Waals surface area contributed by atoms with Gasteiger partial charge in [-0.1, -0.05) is 51.1 Å². The molecular formula is C16H20O. The van der Waals surface area contributed by atoms with E-state index in [1.165, 1.54) is 16.3 Å². The van der Waals surface area contributed by atoms with E-state index in [2.05, 4.69) is 51.1 Å². The molecular weight excluding hydrogens is 208 g/mol. The lowest BCUT2D eigenvalue weighted by molar-refractivity contribution is 0.282. The average Bonchev–Trinajstić information content (AvgIpc) is 2.37. The normalized spacial score (nSPS) is 12.0. The molecule has 0 bridgehead atoms. The molecule has 0 heterocycles. The zero-order valence-corrected chi connectivity index (χ0v) is 10.8. The van der Waals surface area contributed by atoms with E-state index in [1.807, 2.05) is 6.07 Å². The van der Waals surface area contributed by atoms with Crippen molar-refractivity contribution in [2.75, 3.05) is 0 Å². The van der Waals surface area contributed by atoms with Crippen LogP contribution in [0.2, 0.25) is 0 Å². The fraction of sp³-hybridized carbons (Fsp3) is 0.375. The Morgan fingerprint density at radius 3 is 2.29 bits per heavy atom. The SMILES string of the molecule is CCC(C)(C)c1ccc2cc(CO)ccc2c1. The number of aliphatic hydroxyl groups excluding tert-OH is 1. The van der Waals surface area contributed by atoms with Crippen molar-refractivity contribution in [3.05, 3.63) is 47.5 Å². The van der Waals surface area contributed by atoms with E-state index in [0.717, 1.165) is 12.0 Å². The van der Waals surface area contributed by atoms with Gasteiger partial charge in [0.25, 0.3) is 0 Å². The third kappa shape index (κ3) is 2.34. The molecule has 0 aliphatic rings. The Kier molecular flexibility index (Phi) is 3.21. The molecule has 90 valence electrons. The second-order valence-corrected chi connectivity index (χ2v) is 5.29. The number of rotatable bonds is 3. The zero-order chi connectivity index (χ0) is 12.5. The van der Waals surface area contributed by atoms with Crippen LogP contribution >= 0.6 is 0 Å². The van der Waals surface area contributed by atoms with Crippen molar-refractivity contribution in [1.82, 2.24) is 0 Å². The van der Waals surface area contributed by atoms with Crippen LogP contribution in [0.1, 0.15) is 38.3 Å². The van der Waals surface area contributed by atoms with Crippen LogP contribution in [0.5, 0.6) is 0 Å². The molecule has 0 amide bonds. The molecule has 0 radical (unpaired) electrons. The van der Waals surface area contributed by atoms with Crippen molar-refractivity contribution in [2.24, 2.45) is 0 Å². The van der Waals surface area contributed by atoms with Crippen LogP contribution in [0.15, 0.2) is 36.4 Å². The second kappa shape index (κ2) is 4.50. The second-order valence-electron chi connectivity index (χ2n) is 5.29. The van der Waals surface area contributed by atoms with Crippen LogP contribution < -0.4 is 0 Å². The molecule has 0 unspecified atom stereocenters. The van der Waals surface area contributed by atoms with Gasteiger partial charge in [-0.25, -0.2) is 0 Å². The molecule has 2 aromatic rings. The van der Waals surface area contributed by atoms with E-state index < -0.39 is 0 Å². The smallest absolute Gasteiger partial charge is 0.0682 e. The molecule has 0 saturated carbocycles. The van der Waals surface area contributed by atoms with E-state index in [0.29, 0.717) is 0 Å². The Bertz CT molecular complexity index is 526. The van der Waals surface area contributed by atoms with Crippen molar-refractivity contribution < 1.29 is 5.11 Å². The van der Waals surface area contributed by atoms with Crippen molar-refractivity contribution in [2.45, 2.75) is 39.2 Å². The Hall–Kier alpha value is -1.34. The third-order valence-corrected chi connectivity index (χ3v) is 3.75. The molecule has 0 atom stereocenters. The summed E-state index contributed by atoms with van der Waals surface area (Å²) in [5, 5.41) is 11.6. The number of fused-ring (bicyclic) bond motifs is 1. The first-order valence-corrected chi connectivity index (χ1v) is 6.21. The molecule has 1 N–H and O–H groups in total. The Morgan fingerprint density at radius 1 is 1.00 bits per heavy atom. The first kappa shape index (κ1) is 12.1. The summed E-state index contributed by atoms with van der Waals surface area (Å²) in [4.78, 5) is 0. The van der Waals surface area contributed by atoms with Crippen molar-refractivity contribution in [3.63, 3.8) is 0 Å². The van der Waals surface area contributed by atoms with E-state index in [1.54, 1.807) is 0 Å². The number of hydrogen-bond acceptors (Lipinski definition) is 1. The average molecular weight is 228 g/mol. The van der Waals surface area contributed by atoms with Crippen LogP contribution in [0.4, 0.5) is 0 Å². The van der Waals surface area contributed by atoms with Gasteiger partial charge in [-0.15, -0.1) is 0 Å². The highest BCUT2D eigenvalue weighted by Gasteiger charge is 2.17.